The maximum Gasteiger partial charge on any atom is 0.220 e. The number of nitrogens with one attached hydrogen (secondary N) is 1. The predicted molar refractivity (Wildman–Crippen MR) is 133 cm³/mol. The molecule has 3 nitrogen and oxygen atoms in total. The van der Waals surface area contributed by atoms with Crippen LogP contribution in [-0.2, 0) is 11.2 Å². The number of benzene rings is 2. The fourth-order valence-electron chi connectivity index (χ4n) is 3.95. The molecule has 3 aromatic rings. The Bertz CT molecular complexity index is 992. The second kappa shape index (κ2) is 12.0. The number of allylic oxidation sites excluding steroid dienone is 1. The van der Waals surface area contributed by atoms with Crippen molar-refractivity contribution < 1.29 is 4.79 Å². The lowest BCUT2D eigenvalue weighted by Gasteiger charge is -2.14. The lowest BCUT2D eigenvalue weighted by atomic mass is 9.94. The molecule has 3 heteroatoms. The van der Waals surface area contributed by atoms with Gasteiger partial charge in [0, 0.05) is 24.9 Å². The van der Waals surface area contributed by atoms with Gasteiger partial charge in [0.25, 0.3) is 0 Å². The summed E-state index contributed by atoms with van der Waals surface area (Å²) in [6, 6.07) is 21.4. The van der Waals surface area contributed by atoms with Crippen molar-refractivity contribution in [3.8, 4) is 0 Å². The summed E-state index contributed by atoms with van der Waals surface area (Å²) in [7, 11) is 0. The van der Waals surface area contributed by atoms with Crippen LogP contribution in [-0.4, -0.2) is 16.9 Å². The molecule has 166 valence electrons. The number of hydrogen-bond donors (Lipinski definition) is 1. The maximum atomic E-state index is 12.5. The Hall–Kier alpha value is -3.20. The third-order valence-corrected chi connectivity index (χ3v) is 5.61. The van der Waals surface area contributed by atoms with Gasteiger partial charge in [-0.05, 0) is 74.8 Å². The van der Waals surface area contributed by atoms with E-state index >= 15 is 0 Å². The van der Waals surface area contributed by atoms with Crippen LogP contribution >= 0.6 is 0 Å². The molecule has 0 radical (unpaired) electrons. The monoisotopic (exact) mass is 426 g/mol. The average molecular weight is 427 g/mol. The van der Waals surface area contributed by atoms with Crippen LogP contribution in [0.5, 0.6) is 0 Å². The number of aryl methyl sites for hydroxylation is 3. The van der Waals surface area contributed by atoms with Crippen molar-refractivity contribution in [1.82, 2.24) is 10.3 Å². The molecule has 2 aromatic carbocycles. The lowest BCUT2D eigenvalue weighted by molar-refractivity contribution is -0.121. The quantitative estimate of drug-likeness (QED) is 0.405. The highest BCUT2D eigenvalue weighted by Gasteiger charge is 2.09. The Morgan fingerprint density at radius 3 is 2.28 bits per heavy atom. The highest BCUT2D eigenvalue weighted by Crippen LogP contribution is 2.26. The summed E-state index contributed by atoms with van der Waals surface area (Å²) in [6.07, 6.45) is 10.1. The zero-order valence-corrected chi connectivity index (χ0v) is 19.5. The third-order valence-electron chi connectivity index (χ3n) is 5.61. The molecule has 3 rings (SSSR count). The highest BCUT2D eigenvalue weighted by molar-refractivity contribution is 5.81. The van der Waals surface area contributed by atoms with Crippen molar-refractivity contribution in [1.29, 1.82) is 0 Å². The van der Waals surface area contributed by atoms with Gasteiger partial charge in [-0.15, -0.1) is 0 Å². The average Bonchev–Trinajstić information content (AvgIpc) is 2.77. The van der Waals surface area contributed by atoms with Crippen LogP contribution in [0.15, 0.2) is 79.1 Å². The fraction of sp³-hybridized carbons (Fsp3) is 0.310. The molecule has 0 saturated heterocycles. The number of carbonyl (C=O) groups excluding carboxylic acids is 1. The molecule has 1 amide bonds. The smallest absolute Gasteiger partial charge is 0.220 e. The number of pyridine rings is 1. The van der Waals surface area contributed by atoms with E-state index in [9.17, 15) is 4.79 Å². The molecular formula is C29H34N2O. The Balaban J connectivity index is 1.55. The first kappa shape index (κ1) is 23.5. The third kappa shape index (κ3) is 7.49. The van der Waals surface area contributed by atoms with E-state index in [1.165, 1.54) is 33.4 Å². The topological polar surface area (TPSA) is 42.0 Å². The molecule has 0 aliphatic carbocycles. The molecule has 0 spiro atoms. The van der Waals surface area contributed by atoms with E-state index in [-0.39, 0.29) is 11.9 Å². The van der Waals surface area contributed by atoms with E-state index < -0.39 is 0 Å². The Morgan fingerprint density at radius 1 is 1.00 bits per heavy atom. The van der Waals surface area contributed by atoms with Gasteiger partial charge in [-0.25, -0.2) is 0 Å². The molecule has 1 N–H and O–H groups in total. The van der Waals surface area contributed by atoms with Crippen molar-refractivity contribution in [2.75, 3.05) is 0 Å². The zero-order chi connectivity index (χ0) is 22.8. The first-order valence-electron chi connectivity index (χ1n) is 11.5. The van der Waals surface area contributed by atoms with Crippen LogP contribution in [0.3, 0.4) is 0 Å². The van der Waals surface area contributed by atoms with E-state index in [0.29, 0.717) is 12.8 Å². The van der Waals surface area contributed by atoms with Crippen LogP contribution in [0.4, 0.5) is 0 Å². The number of hydrogen-bond acceptors (Lipinski definition) is 2. The Labute approximate surface area is 192 Å². The fourth-order valence-corrected chi connectivity index (χ4v) is 3.95. The van der Waals surface area contributed by atoms with E-state index in [1.807, 2.05) is 12.3 Å². The van der Waals surface area contributed by atoms with Gasteiger partial charge in [0.05, 0.1) is 0 Å². The van der Waals surface area contributed by atoms with Crippen molar-refractivity contribution in [3.63, 3.8) is 0 Å². The minimum Gasteiger partial charge on any atom is -0.354 e. The van der Waals surface area contributed by atoms with Gasteiger partial charge in [0.15, 0.2) is 0 Å². The molecule has 0 aliphatic heterocycles. The molecule has 0 fully saturated rings. The highest BCUT2D eigenvalue weighted by atomic mass is 16.1. The maximum absolute atomic E-state index is 12.5. The molecular weight excluding hydrogens is 392 g/mol. The number of amides is 1. The van der Waals surface area contributed by atoms with Gasteiger partial charge in [-0.2, -0.15) is 0 Å². The molecule has 1 heterocycles. The summed E-state index contributed by atoms with van der Waals surface area (Å²) in [5.74, 6) is 0.114. The van der Waals surface area contributed by atoms with Gasteiger partial charge in [-0.3, -0.25) is 9.78 Å². The van der Waals surface area contributed by atoms with Gasteiger partial charge in [-0.1, -0.05) is 71.8 Å². The normalized spacial score (nSPS) is 11.6. The van der Waals surface area contributed by atoms with Gasteiger partial charge in [0.2, 0.25) is 5.91 Å². The van der Waals surface area contributed by atoms with E-state index in [2.05, 4.69) is 91.7 Å². The largest absolute Gasteiger partial charge is 0.354 e. The number of aromatic nitrogens is 1. The second-order valence-electron chi connectivity index (χ2n) is 8.62. The minimum atomic E-state index is 0.114. The zero-order valence-electron chi connectivity index (χ0n) is 19.5. The van der Waals surface area contributed by atoms with Crippen LogP contribution in [0.25, 0.3) is 5.57 Å². The number of rotatable bonds is 10. The van der Waals surface area contributed by atoms with Crippen molar-refractivity contribution in [2.45, 2.75) is 58.9 Å². The second-order valence-corrected chi connectivity index (χ2v) is 8.62. The predicted octanol–water partition coefficient (Wildman–Crippen LogP) is 6.44. The van der Waals surface area contributed by atoms with E-state index in [1.54, 1.807) is 6.20 Å². The molecule has 0 bridgehead atoms. The van der Waals surface area contributed by atoms with Gasteiger partial charge < -0.3 is 5.32 Å². The molecule has 0 saturated carbocycles. The van der Waals surface area contributed by atoms with E-state index in [0.717, 1.165) is 19.3 Å². The summed E-state index contributed by atoms with van der Waals surface area (Å²) in [5.41, 5.74) is 7.29. The van der Waals surface area contributed by atoms with Crippen molar-refractivity contribution in [3.05, 3.63) is 107 Å². The van der Waals surface area contributed by atoms with Gasteiger partial charge in [0.1, 0.15) is 0 Å². The molecule has 32 heavy (non-hydrogen) atoms. The summed E-state index contributed by atoms with van der Waals surface area (Å²) in [6.45, 7) is 6.31. The minimum absolute atomic E-state index is 0.114. The van der Waals surface area contributed by atoms with Crippen molar-refractivity contribution in [2.24, 2.45) is 0 Å². The summed E-state index contributed by atoms with van der Waals surface area (Å²) in [5, 5.41) is 3.15. The summed E-state index contributed by atoms with van der Waals surface area (Å²) < 4.78 is 0. The van der Waals surface area contributed by atoms with Crippen molar-refractivity contribution >= 4 is 11.5 Å². The standard InChI is InChI=1S/C29H34N2O/c1-22-9-4-14-26(19-22)28(27-15-5-10-23(2)20-27)16-7-17-29(32)31-24(3)11-6-12-25-13-8-18-30-21-25/h4-5,8-10,13-16,18-21,24H,6-7,11-12,17H2,1-3H3,(H,31,32). The number of nitrogens with zero attached hydrogens (tertiary/aromatic N) is 1. The SMILES string of the molecule is Cc1cccc(C(=CCCC(=O)NC(C)CCCc2cccnc2)c2cccc(C)c2)c1. The van der Waals surface area contributed by atoms with Crippen LogP contribution in [0.1, 0.15) is 60.4 Å². The summed E-state index contributed by atoms with van der Waals surface area (Å²) >= 11 is 0. The van der Waals surface area contributed by atoms with E-state index in [4.69, 9.17) is 0 Å². The van der Waals surface area contributed by atoms with Crippen LogP contribution in [0.2, 0.25) is 0 Å². The van der Waals surface area contributed by atoms with Crippen LogP contribution in [0, 0.1) is 13.8 Å². The van der Waals surface area contributed by atoms with Gasteiger partial charge >= 0.3 is 0 Å². The Kier molecular flexibility index (Phi) is 8.79. The Morgan fingerprint density at radius 2 is 1.69 bits per heavy atom. The molecule has 0 aliphatic rings. The molecule has 1 aromatic heterocycles. The first-order valence-corrected chi connectivity index (χ1v) is 11.5. The number of carbonyl (C=O) groups is 1. The lowest BCUT2D eigenvalue weighted by Crippen LogP contribution is -2.32. The molecule has 1 atom stereocenters. The molecule has 1 unspecified atom stereocenters. The first-order chi connectivity index (χ1) is 15.5. The summed E-state index contributed by atoms with van der Waals surface area (Å²) in [4.78, 5) is 16.7. The van der Waals surface area contributed by atoms with Crippen LogP contribution < -0.4 is 5.32 Å².